The molecule has 2 N–H and O–H groups in total. The monoisotopic (exact) mass is 329 g/mol. The summed E-state index contributed by atoms with van der Waals surface area (Å²) in [4.78, 5) is 28.4. The number of aromatic nitrogens is 1. The molecule has 0 radical (unpaired) electrons. The average molecular weight is 330 g/mol. The third-order valence-corrected chi connectivity index (χ3v) is 4.10. The highest BCUT2D eigenvalue weighted by Crippen LogP contribution is 2.40. The first-order valence-corrected chi connectivity index (χ1v) is 7.76. The molecule has 1 aromatic heterocycles. The molecule has 0 spiro atoms. The first kappa shape index (κ1) is 15.5. The van der Waals surface area contributed by atoms with E-state index >= 15 is 0 Å². The summed E-state index contributed by atoms with van der Waals surface area (Å²) < 4.78 is 0. The van der Waals surface area contributed by atoms with Crippen LogP contribution in [-0.4, -0.2) is 16.8 Å². The lowest BCUT2D eigenvalue weighted by molar-refractivity contribution is -0.125. The fraction of sp³-hybridized carbons (Fsp3) is 0.235. The second-order valence-corrected chi connectivity index (χ2v) is 5.86. The fourth-order valence-electron chi connectivity index (χ4n) is 2.37. The Morgan fingerprint density at radius 1 is 1.09 bits per heavy atom. The molecule has 2 unspecified atom stereocenters. The van der Waals surface area contributed by atoms with E-state index in [0.717, 1.165) is 5.69 Å². The largest absolute Gasteiger partial charge is 0.350 e. The lowest BCUT2D eigenvalue weighted by Crippen LogP contribution is -2.27. The minimum absolute atomic E-state index is 0.116. The van der Waals surface area contributed by atoms with Crippen molar-refractivity contribution < 1.29 is 9.59 Å². The number of hydrogen-bond donors (Lipinski definition) is 2. The third kappa shape index (κ3) is 3.87. The van der Waals surface area contributed by atoms with Gasteiger partial charge in [0, 0.05) is 6.20 Å². The van der Waals surface area contributed by atoms with Crippen LogP contribution in [-0.2, 0) is 16.1 Å². The molecule has 118 valence electrons. The molecule has 2 aromatic rings. The molecule has 23 heavy (non-hydrogen) atoms. The zero-order valence-electron chi connectivity index (χ0n) is 12.3. The number of para-hydroxylation sites is 1. The standard InChI is InChI=1S/C17H16ClN3O2/c18-14-6-1-2-7-15(14)21-17(23)13-9-12(13)16(22)20-10-11-5-3-4-8-19-11/h1-8,12-13H,9-10H2,(H,20,22)(H,21,23). The van der Waals surface area contributed by atoms with E-state index < -0.39 is 0 Å². The summed E-state index contributed by atoms with van der Waals surface area (Å²) in [6.45, 7) is 0.370. The molecule has 2 amide bonds. The van der Waals surface area contributed by atoms with Gasteiger partial charge >= 0.3 is 0 Å². The summed E-state index contributed by atoms with van der Waals surface area (Å²) in [7, 11) is 0. The number of hydrogen-bond acceptors (Lipinski definition) is 3. The van der Waals surface area contributed by atoms with Crippen molar-refractivity contribution in [2.45, 2.75) is 13.0 Å². The Bertz CT molecular complexity index is 721. The van der Waals surface area contributed by atoms with Gasteiger partial charge in [-0.1, -0.05) is 29.8 Å². The van der Waals surface area contributed by atoms with Gasteiger partial charge in [-0.15, -0.1) is 0 Å². The molecule has 1 saturated carbocycles. The Balaban J connectivity index is 1.49. The van der Waals surface area contributed by atoms with E-state index in [2.05, 4.69) is 15.6 Å². The van der Waals surface area contributed by atoms with Crippen LogP contribution in [0.2, 0.25) is 5.02 Å². The number of nitrogens with zero attached hydrogens (tertiary/aromatic N) is 1. The maximum absolute atomic E-state index is 12.2. The Labute approximate surface area is 139 Å². The molecule has 1 aliphatic carbocycles. The van der Waals surface area contributed by atoms with Gasteiger partial charge in [0.25, 0.3) is 0 Å². The van der Waals surface area contributed by atoms with Gasteiger partial charge in [-0.2, -0.15) is 0 Å². The molecule has 3 rings (SSSR count). The van der Waals surface area contributed by atoms with E-state index in [1.165, 1.54) is 0 Å². The van der Waals surface area contributed by atoms with Crippen molar-refractivity contribution in [2.75, 3.05) is 5.32 Å². The van der Waals surface area contributed by atoms with Crippen LogP contribution in [0.3, 0.4) is 0 Å². The molecule has 2 atom stereocenters. The van der Waals surface area contributed by atoms with Crippen molar-refractivity contribution in [3.8, 4) is 0 Å². The van der Waals surface area contributed by atoms with Crippen molar-refractivity contribution in [1.82, 2.24) is 10.3 Å². The number of anilines is 1. The maximum atomic E-state index is 12.2. The second kappa shape index (κ2) is 6.79. The number of pyridine rings is 1. The summed E-state index contributed by atoms with van der Waals surface area (Å²) in [5.41, 5.74) is 1.36. The Morgan fingerprint density at radius 2 is 1.83 bits per heavy atom. The first-order chi connectivity index (χ1) is 11.1. The van der Waals surface area contributed by atoms with Crippen LogP contribution >= 0.6 is 11.6 Å². The SMILES string of the molecule is O=C(NCc1ccccn1)C1CC1C(=O)Nc1ccccc1Cl. The summed E-state index contributed by atoms with van der Waals surface area (Å²) in [6.07, 6.45) is 2.24. The molecule has 6 heteroatoms. The lowest BCUT2D eigenvalue weighted by atomic mass is 10.2. The lowest BCUT2D eigenvalue weighted by Gasteiger charge is -2.07. The molecule has 1 aliphatic rings. The smallest absolute Gasteiger partial charge is 0.228 e. The molecule has 1 heterocycles. The van der Waals surface area contributed by atoms with Crippen LogP contribution in [0, 0.1) is 11.8 Å². The van der Waals surface area contributed by atoms with Crippen molar-refractivity contribution in [1.29, 1.82) is 0 Å². The molecule has 5 nitrogen and oxygen atoms in total. The summed E-state index contributed by atoms with van der Waals surface area (Å²) >= 11 is 6.01. The fourth-order valence-corrected chi connectivity index (χ4v) is 2.56. The number of benzene rings is 1. The average Bonchev–Trinajstić information content (AvgIpc) is 3.36. The van der Waals surface area contributed by atoms with Crippen LogP contribution in [0.5, 0.6) is 0 Å². The van der Waals surface area contributed by atoms with Crippen LogP contribution in [0.4, 0.5) is 5.69 Å². The van der Waals surface area contributed by atoms with Gasteiger partial charge in [0.15, 0.2) is 0 Å². The highest BCUT2D eigenvalue weighted by Gasteiger charge is 2.48. The van der Waals surface area contributed by atoms with E-state index in [0.29, 0.717) is 23.7 Å². The highest BCUT2D eigenvalue weighted by atomic mass is 35.5. The van der Waals surface area contributed by atoms with E-state index in [1.807, 2.05) is 18.2 Å². The van der Waals surface area contributed by atoms with Crippen molar-refractivity contribution in [2.24, 2.45) is 11.8 Å². The van der Waals surface area contributed by atoms with E-state index in [4.69, 9.17) is 11.6 Å². The molecule has 1 aromatic carbocycles. The summed E-state index contributed by atoms with van der Waals surface area (Å²) in [5.74, 6) is -0.859. The van der Waals surface area contributed by atoms with E-state index in [9.17, 15) is 9.59 Å². The molecular weight excluding hydrogens is 314 g/mol. The van der Waals surface area contributed by atoms with Crippen LogP contribution in [0.1, 0.15) is 12.1 Å². The molecule has 1 fully saturated rings. The number of carbonyl (C=O) groups excluding carboxylic acids is 2. The molecule has 0 saturated heterocycles. The van der Waals surface area contributed by atoms with Gasteiger partial charge in [0.2, 0.25) is 11.8 Å². The predicted molar refractivity (Wildman–Crippen MR) is 87.8 cm³/mol. The maximum Gasteiger partial charge on any atom is 0.228 e. The number of halogens is 1. The highest BCUT2D eigenvalue weighted by molar-refractivity contribution is 6.33. The molecule has 0 aliphatic heterocycles. The minimum Gasteiger partial charge on any atom is -0.350 e. The van der Waals surface area contributed by atoms with Crippen LogP contribution < -0.4 is 10.6 Å². The molecule has 0 bridgehead atoms. The normalized spacial score (nSPS) is 19.0. The third-order valence-electron chi connectivity index (χ3n) is 3.77. The number of rotatable bonds is 5. The Kier molecular flexibility index (Phi) is 4.57. The second-order valence-electron chi connectivity index (χ2n) is 5.46. The van der Waals surface area contributed by atoms with Gasteiger partial charge in [0.1, 0.15) is 0 Å². The minimum atomic E-state index is -0.296. The van der Waals surface area contributed by atoms with Crippen LogP contribution in [0.25, 0.3) is 0 Å². The van der Waals surface area contributed by atoms with Gasteiger partial charge in [0.05, 0.1) is 34.8 Å². The van der Waals surface area contributed by atoms with E-state index in [-0.39, 0.29) is 23.7 Å². The van der Waals surface area contributed by atoms with Crippen molar-refractivity contribution in [3.05, 3.63) is 59.4 Å². The van der Waals surface area contributed by atoms with Crippen LogP contribution in [0.15, 0.2) is 48.7 Å². The van der Waals surface area contributed by atoms with Gasteiger partial charge in [-0.3, -0.25) is 14.6 Å². The van der Waals surface area contributed by atoms with E-state index in [1.54, 1.807) is 30.5 Å². The topological polar surface area (TPSA) is 71.1 Å². The number of carbonyl (C=O) groups is 2. The van der Waals surface area contributed by atoms with Crippen molar-refractivity contribution in [3.63, 3.8) is 0 Å². The van der Waals surface area contributed by atoms with Gasteiger partial charge < -0.3 is 10.6 Å². The Morgan fingerprint density at radius 3 is 2.57 bits per heavy atom. The van der Waals surface area contributed by atoms with Crippen molar-refractivity contribution >= 4 is 29.1 Å². The first-order valence-electron chi connectivity index (χ1n) is 7.38. The van der Waals surface area contributed by atoms with Gasteiger partial charge in [-0.05, 0) is 30.7 Å². The Hall–Kier alpha value is -2.40. The summed E-state index contributed by atoms with van der Waals surface area (Å²) in [6, 6.07) is 12.6. The zero-order valence-corrected chi connectivity index (χ0v) is 13.1. The summed E-state index contributed by atoms with van der Waals surface area (Å²) in [5, 5.41) is 6.06. The quantitative estimate of drug-likeness (QED) is 0.885. The van der Waals surface area contributed by atoms with Gasteiger partial charge in [-0.25, -0.2) is 0 Å². The molecular formula is C17H16ClN3O2. The predicted octanol–water partition coefficient (Wildman–Crippen LogP) is 2.63. The zero-order chi connectivity index (χ0) is 16.2. The number of nitrogens with one attached hydrogen (secondary N) is 2. The number of amides is 2.